The summed E-state index contributed by atoms with van der Waals surface area (Å²) in [7, 11) is 0. The van der Waals surface area contributed by atoms with Crippen LogP contribution in [0.15, 0.2) is 35.3 Å². The number of aliphatic imine (C=N–C) groups is 1. The minimum Gasteiger partial charge on any atom is -0.284 e. The van der Waals surface area contributed by atoms with Crippen LogP contribution in [0.5, 0.6) is 0 Å². The molecule has 2 nitrogen and oxygen atoms in total. The maximum atomic E-state index is 11.7. The van der Waals surface area contributed by atoms with Gasteiger partial charge in [-0.3, -0.25) is 9.79 Å². The van der Waals surface area contributed by atoms with Crippen molar-refractivity contribution in [3.8, 4) is 0 Å². The Morgan fingerprint density at radius 3 is 2.81 bits per heavy atom. The molecule has 0 fully saturated rings. The van der Waals surface area contributed by atoms with E-state index >= 15 is 0 Å². The van der Waals surface area contributed by atoms with Gasteiger partial charge in [0.1, 0.15) is 11.1 Å². The Labute approximate surface area is 104 Å². The second-order valence-corrected chi connectivity index (χ2v) is 5.50. The predicted octanol–water partition coefficient (Wildman–Crippen LogP) is 2.83. The Bertz CT molecular complexity index is 403. The van der Waals surface area contributed by atoms with Crippen molar-refractivity contribution >= 4 is 33.7 Å². The number of benzene rings is 1. The molecule has 2 rings (SSSR count). The fraction of sp³-hybridized carbons (Fsp3) is 0.333. The van der Waals surface area contributed by atoms with Crippen LogP contribution < -0.4 is 0 Å². The molecule has 0 aromatic heterocycles. The molecule has 0 N–H and O–H groups in total. The van der Waals surface area contributed by atoms with Gasteiger partial charge in [-0.05, 0) is 30.2 Å². The van der Waals surface area contributed by atoms with Crippen LogP contribution in [0, 0.1) is 0 Å². The van der Waals surface area contributed by atoms with Gasteiger partial charge in [0.2, 0.25) is 5.12 Å². The van der Waals surface area contributed by atoms with E-state index < -0.39 is 0 Å². The highest BCUT2D eigenvalue weighted by Crippen LogP contribution is 2.27. The first-order valence-corrected chi connectivity index (χ1v) is 7.36. The van der Waals surface area contributed by atoms with E-state index in [4.69, 9.17) is 0 Å². The zero-order valence-electron chi connectivity index (χ0n) is 9.05. The van der Waals surface area contributed by atoms with Gasteiger partial charge in [-0.15, -0.1) is 0 Å². The first kappa shape index (κ1) is 11.7. The number of carbonyl (C=O) groups excluding carboxylic acids is 1. The molecule has 1 aromatic carbocycles. The molecular weight excluding hydrogens is 238 g/mol. The van der Waals surface area contributed by atoms with Crippen LogP contribution in [-0.2, 0) is 4.79 Å². The number of rotatable bonds is 4. The van der Waals surface area contributed by atoms with Crippen LogP contribution in [0.25, 0.3) is 0 Å². The molecule has 1 heterocycles. The van der Waals surface area contributed by atoms with E-state index in [0.29, 0.717) is 0 Å². The second-order valence-electron chi connectivity index (χ2n) is 3.52. The van der Waals surface area contributed by atoms with Crippen molar-refractivity contribution in [2.24, 2.45) is 4.99 Å². The molecule has 16 heavy (non-hydrogen) atoms. The van der Waals surface area contributed by atoms with Crippen LogP contribution in [0.3, 0.4) is 0 Å². The second kappa shape index (κ2) is 5.55. The lowest BCUT2D eigenvalue weighted by molar-refractivity contribution is -0.111. The number of hydrogen-bond acceptors (Lipinski definition) is 4. The summed E-state index contributed by atoms with van der Waals surface area (Å²) in [6.45, 7) is 0. The smallest absolute Gasteiger partial charge is 0.219 e. The van der Waals surface area contributed by atoms with Gasteiger partial charge in [0.05, 0.1) is 0 Å². The molecule has 1 aliphatic heterocycles. The molecule has 1 unspecified atom stereocenters. The van der Waals surface area contributed by atoms with Crippen molar-refractivity contribution < 1.29 is 4.79 Å². The van der Waals surface area contributed by atoms with Crippen molar-refractivity contribution in [2.75, 3.05) is 12.0 Å². The van der Waals surface area contributed by atoms with Crippen molar-refractivity contribution in [1.29, 1.82) is 0 Å². The standard InChI is InChI=1S/C12H13NOS2/c1-15-8-7-10-12(14)16-11(13-10)9-5-3-2-4-6-9/h2-6,10H,7-8H2,1H3. The fourth-order valence-corrected chi connectivity index (χ4v) is 2.90. The number of hydrogen-bond donors (Lipinski definition) is 0. The largest absolute Gasteiger partial charge is 0.284 e. The molecular formula is C12H13NOS2. The topological polar surface area (TPSA) is 29.4 Å². The minimum atomic E-state index is -0.132. The van der Waals surface area contributed by atoms with Gasteiger partial charge in [0.15, 0.2) is 0 Å². The van der Waals surface area contributed by atoms with Crippen LogP contribution in [0.4, 0.5) is 0 Å². The Hall–Kier alpha value is -0.740. The Balaban J connectivity index is 2.10. The number of nitrogens with zero attached hydrogens (tertiary/aromatic N) is 1. The van der Waals surface area contributed by atoms with E-state index in [1.54, 1.807) is 11.8 Å². The van der Waals surface area contributed by atoms with Gasteiger partial charge >= 0.3 is 0 Å². The zero-order chi connectivity index (χ0) is 11.4. The summed E-state index contributed by atoms with van der Waals surface area (Å²) in [5.74, 6) is 0.989. The quantitative estimate of drug-likeness (QED) is 0.824. The maximum Gasteiger partial charge on any atom is 0.219 e. The molecule has 0 saturated carbocycles. The summed E-state index contributed by atoms with van der Waals surface area (Å²) in [6.07, 6.45) is 2.90. The first-order valence-electron chi connectivity index (χ1n) is 5.15. The third kappa shape index (κ3) is 2.68. The summed E-state index contributed by atoms with van der Waals surface area (Å²) in [5.41, 5.74) is 1.05. The van der Waals surface area contributed by atoms with Gasteiger partial charge in [0.25, 0.3) is 0 Å². The number of carbonyl (C=O) groups is 1. The van der Waals surface area contributed by atoms with Crippen LogP contribution in [-0.4, -0.2) is 28.2 Å². The summed E-state index contributed by atoms with van der Waals surface area (Å²) in [6, 6.07) is 9.77. The lowest BCUT2D eigenvalue weighted by Crippen LogP contribution is -2.11. The summed E-state index contributed by atoms with van der Waals surface area (Å²) in [5, 5.41) is 1.06. The third-order valence-corrected chi connectivity index (χ3v) is 4.01. The van der Waals surface area contributed by atoms with E-state index in [9.17, 15) is 4.79 Å². The number of thioether (sulfide) groups is 2. The molecule has 0 radical (unpaired) electrons. The van der Waals surface area contributed by atoms with Crippen molar-refractivity contribution in [2.45, 2.75) is 12.5 Å². The average molecular weight is 251 g/mol. The molecule has 0 spiro atoms. The molecule has 84 valence electrons. The van der Waals surface area contributed by atoms with Gasteiger partial charge < -0.3 is 0 Å². The summed E-state index contributed by atoms with van der Waals surface area (Å²) in [4.78, 5) is 16.2. The zero-order valence-corrected chi connectivity index (χ0v) is 10.7. The normalized spacial score (nSPS) is 19.9. The van der Waals surface area contributed by atoms with Crippen LogP contribution >= 0.6 is 23.5 Å². The fourth-order valence-electron chi connectivity index (χ4n) is 1.51. The van der Waals surface area contributed by atoms with E-state index in [-0.39, 0.29) is 11.2 Å². The molecule has 0 saturated heterocycles. The van der Waals surface area contributed by atoms with Crippen molar-refractivity contribution in [3.63, 3.8) is 0 Å². The van der Waals surface area contributed by atoms with Gasteiger partial charge in [0, 0.05) is 5.56 Å². The molecule has 1 aliphatic rings. The van der Waals surface area contributed by atoms with Gasteiger partial charge in [-0.25, -0.2) is 0 Å². The monoisotopic (exact) mass is 251 g/mol. The minimum absolute atomic E-state index is 0.132. The molecule has 0 bridgehead atoms. The Morgan fingerprint density at radius 2 is 2.12 bits per heavy atom. The highest BCUT2D eigenvalue weighted by Gasteiger charge is 2.27. The third-order valence-electron chi connectivity index (χ3n) is 2.36. The molecule has 0 aliphatic carbocycles. The first-order chi connectivity index (χ1) is 7.81. The van der Waals surface area contributed by atoms with Crippen molar-refractivity contribution in [1.82, 2.24) is 0 Å². The van der Waals surface area contributed by atoms with E-state index in [0.717, 1.165) is 22.8 Å². The lowest BCUT2D eigenvalue weighted by atomic mass is 10.2. The Kier molecular flexibility index (Phi) is 4.07. The highest BCUT2D eigenvalue weighted by molar-refractivity contribution is 8.27. The van der Waals surface area contributed by atoms with Gasteiger partial charge in [-0.1, -0.05) is 30.3 Å². The maximum absolute atomic E-state index is 11.7. The molecule has 0 amide bonds. The van der Waals surface area contributed by atoms with E-state index in [1.807, 2.05) is 36.6 Å². The Morgan fingerprint density at radius 1 is 1.38 bits per heavy atom. The lowest BCUT2D eigenvalue weighted by Gasteiger charge is -2.00. The summed E-state index contributed by atoms with van der Waals surface area (Å²) >= 11 is 3.04. The van der Waals surface area contributed by atoms with Crippen LogP contribution in [0.2, 0.25) is 0 Å². The SMILES string of the molecule is CSCCC1N=C(c2ccccc2)SC1=O. The predicted molar refractivity (Wildman–Crippen MR) is 72.4 cm³/mol. The van der Waals surface area contributed by atoms with E-state index in [2.05, 4.69) is 4.99 Å². The van der Waals surface area contributed by atoms with Gasteiger partial charge in [-0.2, -0.15) is 11.8 Å². The molecule has 1 aromatic rings. The van der Waals surface area contributed by atoms with E-state index in [1.165, 1.54) is 11.8 Å². The summed E-state index contributed by atoms with van der Waals surface area (Å²) < 4.78 is 0. The van der Waals surface area contributed by atoms with Crippen molar-refractivity contribution in [3.05, 3.63) is 35.9 Å². The van der Waals surface area contributed by atoms with Crippen LogP contribution in [0.1, 0.15) is 12.0 Å². The average Bonchev–Trinajstić information content (AvgIpc) is 2.69. The highest BCUT2D eigenvalue weighted by atomic mass is 32.2. The molecule has 4 heteroatoms. The molecule has 1 atom stereocenters.